The molecule has 1 fully saturated rings. The van der Waals surface area contributed by atoms with Crippen LogP contribution in [0.3, 0.4) is 0 Å². The van der Waals surface area contributed by atoms with Gasteiger partial charge < -0.3 is 9.80 Å². The quantitative estimate of drug-likeness (QED) is 0.520. The Balaban J connectivity index is 1.47. The first-order valence-electron chi connectivity index (χ1n) is 8.11. The van der Waals surface area contributed by atoms with Crippen LogP contribution in [-0.4, -0.2) is 51.9 Å². The third-order valence-electron chi connectivity index (χ3n) is 4.34. The van der Waals surface area contributed by atoms with Crippen LogP contribution in [0.15, 0.2) is 42.7 Å². The van der Waals surface area contributed by atoms with E-state index in [2.05, 4.69) is 14.9 Å². The molecular weight excluding hydrogens is 354 g/mol. The Bertz CT molecular complexity index is 967. The number of fused-ring (bicyclic) bond motifs is 1. The molecule has 0 aliphatic carbocycles. The van der Waals surface area contributed by atoms with Crippen molar-refractivity contribution in [1.82, 2.24) is 14.9 Å². The Morgan fingerprint density at radius 2 is 1.85 bits per heavy atom. The normalized spacial score (nSPS) is 14.6. The monoisotopic (exact) mass is 369 g/mol. The standard InChI is InChI=1S/C17H15N5O3S/c23-16(12-3-5-18-6-4-12)20-7-9-21(10-8-20)17-19-14-2-1-13(22(24)25)11-15(14)26-17/h1-6,11H,7-10H2. The Morgan fingerprint density at radius 1 is 1.12 bits per heavy atom. The molecule has 8 nitrogen and oxygen atoms in total. The molecule has 1 saturated heterocycles. The lowest BCUT2D eigenvalue weighted by Crippen LogP contribution is -2.48. The number of carbonyl (C=O) groups excluding carboxylic acids is 1. The van der Waals surface area contributed by atoms with Crippen LogP contribution in [0.25, 0.3) is 10.2 Å². The molecule has 3 heterocycles. The van der Waals surface area contributed by atoms with Crippen LogP contribution in [-0.2, 0) is 0 Å². The van der Waals surface area contributed by atoms with E-state index in [0.717, 1.165) is 15.3 Å². The summed E-state index contributed by atoms with van der Waals surface area (Å²) in [6.07, 6.45) is 3.23. The van der Waals surface area contributed by atoms with Crippen molar-refractivity contribution in [3.63, 3.8) is 0 Å². The number of nitrogens with zero attached hydrogens (tertiary/aromatic N) is 5. The zero-order valence-corrected chi connectivity index (χ0v) is 14.6. The van der Waals surface area contributed by atoms with Gasteiger partial charge in [0, 0.05) is 56.3 Å². The van der Waals surface area contributed by atoms with Crippen molar-refractivity contribution >= 4 is 38.3 Å². The summed E-state index contributed by atoms with van der Waals surface area (Å²) in [6.45, 7) is 2.58. The van der Waals surface area contributed by atoms with Crippen molar-refractivity contribution in [1.29, 1.82) is 0 Å². The molecule has 1 aromatic carbocycles. The molecule has 0 atom stereocenters. The first-order valence-corrected chi connectivity index (χ1v) is 8.93. The summed E-state index contributed by atoms with van der Waals surface area (Å²) < 4.78 is 0.796. The van der Waals surface area contributed by atoms with Gasteiger partial charge in [-0.05, 0) is 18.2 Å². The minimum atomic E-state index is -0.400. The van der Waals surface area contributed by atoms with Crippen LogP contribution in [0.4, 0.5) is 10.8 Å². The Hall–Kier alpha value is -3.07. The molecule has 4 rings (SSSR count). The maximum Gasteiger partial charge on any atom is 0.270 e. The number of amides is 1. The predicted molar refractivity (Wildman–Crippen MR) is 98.6 cm³/mol. The van der Waals surface area contributed by atoms with Crippen LogP contribution < -0.4 is 4.90 Å². The number of anilines is 1. The highest BCUT2D eigenvalue weighted by atomic mass is 32.1. The lowest BCUT2D eigenvalue weighted by Gasteiger charge is -2.34. The molecule has 0 bridgehead atoms. The Morgan fingerprint density at radius 3 is 2.54 bits per heavy atom. The molecule has 9 heteroatoms. The molecule has 0 unspecified atom stereocenters. The SMILES string of the molecule is O=C(c1ccncc1)N1CCN(c2nc3ccc([N+](=O)[O-])cc3s2)CC1. The molecule has 0 spiro atoms. The molecule has 132 valence electrons. The number of benzene rings is 1. The van der Waals surface area contributed by atoms with Gasteiger partial charge in [0.15, 0.2) is 5.13 Å². The second-order valence-corrected chi connectivity index (χ2v) is 6.93. The summed E-state index contributed by atoms with van der Waals surface area (Å²) in [6, 6.07) is 8.14. The lowest BCUT2D eigenvalue weighted by molar-refractivity contribution is -0.384. The molecule has 0 saturated carbocycles. The smallest absolute Gasteiger partial charge is 0.270 e. The first-order chi connectivity index (χ1) is 12.6. The number of nitro groups is 1. The van der Waals surface area contributed by atoms with Crippen molar-refractivity contribution in [2.45, 2.75) is 0 Å². The van der Waals surface area contributed by atoms with E-state index in [4.69, 9.17) is 0 Å². The minimum Gasteiger partial charge on any atom is -0.345 e. The molecule has 0 radical (unpaired) electrons. The first kappa shape index (κ1) is 16.4. The fourth-order valence-corrected chi connectivity index (χ4v) is 3.98. The lowest BCUT2D eigenvalue weighted by atomic mass is 10.2. The summed E-state index contributed by atoms with van der Waals surface area (Å²) in [4.78, 5) is 35.4. The van der Waals surface area contributed by atoms with Crippen molar-refractivity contribution in [3.8, 4) is 0 Å². The largest absolute Gasteiger partial charge is 0.345 e. The number of pyridine rings is 1. The zero-order valence-electron chi connectivity index (χ0n) is 13.7. The van der Waals surface area contributed by atoms with Crippen molar-refractivity contribution in [2.24, 2.45) is 0 Å². The molecule has 0 N–H and O–H groups in total. The summed E-state index contributed by atoms with van der Waals surface area (Å²) in [5, 5.41) is 11.7. The van der Waals surface area contributed by atoms with Gasteiger partial charge in [-0.2, -0.15) is 0 Å². The van der Waals surface area contributed by atoms with Gasteiger partial charge in [0.1, 0.15) is 0 Å². The number of aromatic nitrogens is 2. The zero-order chi connectivity index (χ0) is 18.1. The van der Waals surface area contributed by atoms with Gasteiger partial charge in [-0.25, -0.2) is 4.98 Å². The van der Waals surface area contributed by atoms with Crippen molar-refractivity contribution < 1.29 is 9.72 Å². The Kier molecular flexibility index (Phi) is 4.21. The topological polar surface area (TPSA) is 92.5 Å². The number of nitro benzene ring substituents is 1. The van der Waals surface area contributed by atoms with Gasteiger partial charge in [-0.15, -0.1) is 0 Å². The summed E-state index contributed by atoms with van der Waals surface area (Å²) >= 11 is 1.44. The molecule has 26 heavy (non-hydrogen) atoms. The number of non-ortho nitro benzene ring substituents is 1. The predicted octanol–water partition coefficient (Wildman–Crippen LogP) is 2.56. The van der Waals surface area contributed by atoms with Crippen LogP contribution in [0.5, 0.6) is 0 Å². The van der Waals surface area contributed by atoms with Crippen molar-refractivity contribution in [3.05, 3.63) is 58.4 Å². The maximum atomic E-state index is 12.5. The van der Waals surface area contributed by atoms with E-state index < -0.39 is 4.92 Å². The van der Waals surface area contributed by atoms with E-state index in [9.17, 15) is 14.9 Å². The second-order valence-electron chi connectivity index (χ2n) is 5.92. The highest BCUT2D eigenvalue weighted by Crippen LogP contribution is 2.31. The van der Waals surface area contributed by atoms with E-state index >= 15 is 0 Å². The minimum absolute atomic E-state index is 0.00646. The molecule has 1 amide bonds. The van der Waals surface area contributed by atoms with E-state index in [0.29, 0.717) is 31.7 Å². The summed E-state index contributed by atoms with van der Waals surface area (Å²) in [5.74, 6) is 0.00646. The fourth-order valence-electron chi connectivity index (χ4n) is 2.93. The molecule has 1 aliphatic heterocycles. The summed E-state index contributed by atoms with van der Waals surface area (Å²) in [5.41, 5.74) is 1.46. The van der Waals surface area contributed by atoms with Crippen molar-refractivity contribution in [2.75, 3.05) is 31.1 Å². The third-order valence-corrected chi connectivity index (χ3v) is 5.42. The Labute approximate surface area is 152 Å². The van der Waals surface area contributed by atoms with E-state index in [1.54, 1.807) is 36.7 Å². The van der Waals surface area contributed by atoms with Gasteiger partial charge in [-0.3, -0.25) is 19.9 Å². The van der Waals surface area contributed by atoms with E-state index in [1.165, 1.54) is 17.4 Å². The average molecular weight is 369 g/mol. The summed E-state index contributed by atoms with van der Waals surface area (Å²) in [7, 11) is 0. The highest BCUT2D eigenvalue weighted by molar-refractivity contribution is 7.22. The fraction of sp³-hybridized carbons (Fsp3) is 0.235. The number of hydrogen-bond donors (Lipinski definition) is 0. The van der Waals surface area contributed by atoms with Crippen LogP contribution in [0.2, 0.25) is 0 Å². The maximum absolute atomic E-state index is 12.5. The van der Waals surface area contributed by atoms with Gasteiger partial charge in [0.2, 0.25) is 0 Å². The number of thiazole rings is 1. The van der Waals surface area contributed by atoms with Gasteiger partial charge >= 0.3 is 0 Å². The van der Waals surface area contributed by atoms with Gasteiger partial charge in [0.25, 0.3) is 11.6 Å². The second kappa shape index (κ2) is 6.68. The number of carbonyl (C=O) groups is 1. The van der Waals surface area contributed by atoms with E-state index in [-0.39, 0.29) is 11.6 Å². The highest BCUT2D eigenvalue weighted by Gasteiger charge is 2.24. The molecule has 1 aliphatic rings. The third kappa shape index (κ3) is 3.08. The van der Waals surface area contributed by atoms with Crippen LogP contribution in [0, 0.1) is 10.1 Å². The number of piperazine rings is 1. The number of hydrogen-bond acceptors (Lipinski definition) is 7. The number of rotatable bonds is 3. The van der Waals surface area contributed by atoms with Gasteiger partial charge in [0.05, 0.1) is 15.1 Å². The molecule has 3 aromatic rings. The average Bonchev–Trinajstić information content (AvgIpc) is 3.11. The van der Waals surface area contributed by atoms with Crippen LogP contribution in [0.1, 0.15) is 10.4 Å². The van der Waals surface area contributed by atoms with Crippen LogP contribution >= 0.6 is 11.3 Å². The molecule has 2 aromatic heterocycles. The molecular formula is C17H15N5O3S. The van der Waals surface area contributed by atoms with Gasteiger partial charge in [-0.1, -0.05) is 11.3 Å². The van der Waals surface area contributed by atoms with E-state index in [1.807, 2.05) is 4.90 Å².